The van der Waals surface area contributed by atoms with E-state index < -0.39 is 17.9 Å². The van der Waals surface area contributed by atoms with Gasteiger partial charge in [0.2, 0.25) is 5.90 Å². The number of carbonyl (C=O) groups excluding carboxylic acids is 3. The highest BCUT2D eigenvalue weighted by Crippen LogP contribution is 2.30. The molecular formula is C18H13NO6S. The second-order valence-corrected chi connectivity index (χ2v) is 6.15. The molecule has 0 amide bonds. The third-order valence-electron chi connectivity index (χ3n) is 3.13. The van der Waals surface area contributed by atoms with Gasteiger partial charge in [-0.1, -0.05) is 12.1 Å². The monoisotopic (exact) mass is 371 g/mol. The molecule has 7 nitrogen and oxygen atoms in total. The Morgan fingerprint density at radius 1 is 1.12 bits per heavy atom. The number of hydrogen-bond donors (Lipinski definition) is 0. The topological polar surface area (TPSA) is 91.3 Å². The molecule has 0 bridgehead atoms. The third-order valence-corrected chi connectivity index (χ3v) is 3.99. The first-order valence-corrected chi connectivity index (χ1v) is 8.37. The summed E-state index contributed by atoms with van der Waals surface area (Å²) in [6.07, 6.45) is 1.49. The summed E-state index contributed by atoms with van der Waals surface area (Å²) in [4.78, 5) is 39.4. The summed E-state index contributed by atoms with van der Waals surface area (Å²) in [6.45, 7) is 2.47. The molecule has 1 aromatic carbocycles. The van der Waals surface area contributed by atoms with Crippen LogP contribution in [0.4, 0.5) is 0 Å². The smallest absolute Gasteiger partial charge is 0.363 e. The van der Waals surface area contributed by atoms with Gasteiger partial charge in [0.25, 0.3) is 0 Å². The van der Waals surface area contributed by atoms with E-state index in [1.807, 2.05) is 11.4 Å². The minimum atomic E-state index is -0.577. The van der Waals surface area contributed by atoms with Crippen LogP contribution in [-0.2, 0) is 19.1 Å². The van der Waals surface area contributed by atoms with Crippen LogP contribution in [0.2, 0.25) is 0 Å². The zero-order chi connectivity index (χ0) is 18.7. The molecule has 2 heterocycles. The minimum Gasteiger partial charge on any atom is -0.423 e. The van der Waals surface area contributed by atoms with E-state index in [0.29, 0.717) is 5.56 Å². The van der Waals surface area contributed by atoms with Gasteiger partial charge in [-0.2, -0.15) is 0 Å². The number of nitrogens with zero attached hydrogens (tertiary/aromatic N) is 1. The van der Waals surface area contributed by atoms with Crippen LogP contribution in [0.5, 0.6) is 11.5 Å². The first kappa shape index (κ1) is 17.6. The van der Waals surface area contributed by atoms with E-state index in [1.54, 1.807) is 12.1 Å². The van der Waals surface area contributed by atoms with Crippen LogP contribution in [0.15, 0.2) is 46.4 Å². The Labute approximate surface area is 152 Å². The zero-order valence-corrected chi connectivity index (χ0v) is 14.7. The van der Waals surface area contributed by atoms with E-state index in [9.17, 15) is 14.4 Å². The van der Waals surface area contributed by atoms with Crippen LogP contribution in [0.25, 0.3) is 6.08 Å². The summed E-state index contributed by atoms with van der Waals surface area (Å²) in [5, 5.41) is 1.85. The van der Waals surface area contributed by atoms with E-state index in [1.165, 1.54) is 43.4 Å². The summed E-state index contributed by atoms with van der Waals surface area (Å²) in [7, 11) is 0. The second-order valence-electron chi connectivity index (χ2n) is 5.21. The highest BCUT2D eigenvalue weighted by Gasteiger charge is 2.25. The standard InChI is InChI=1S/C18H13NO6S/c1-10(20)23-14-6-5-12(9-15(14)24-11(2)21)8-13-18(22)25-17(19-13)16-4-3-7-26-16/h3-9H,1-2H3/b13-8+. The van der Waals surface area contributed by atoms with E-state index >= 15 is 0 Å². The Hall–Kier alpha value is -3.26. The van der Waals surface area contributed by atoms with Gasteiger partial charge in [-0.25, -0.2) is 9.79 Å². The molecule has 0 radical (unpaired) electrons. The summed E-state index contributed by atoms with van der Waals surface area (Å²) in [5.41, 5.74) is 0.641. The lowest BCUT2D eigenvalue weighted by Gasteiger charge is -2.09. The first-order chi connectivity index (χ1) is 12.4. The molecule has 1 aromatic heterocycles. The SMILES string of the molecule is CC(=O)Oc1ccc(/C=C2/N=C(c3cccs3)OC2=O)cc1OC(C)=O. The van der Waals surface area contributed by atoms with Gasteiger partial charge in [0.1, 0.15) is 0 Å². The average molecular weight is 371 g/mol. The van der Waals surface area contributed by atoms with Crippen molar-refractivity contribution in [3.63, 3.8) is 0 Å². The summed E-state index contributed by atoms with van der Waals surface area (Å²) in [5.74, 6) is -1.28. The molecule has 8 heteroatoms. The van der Waals surface area contributed by atoms with Crippen molar-refractivity contribution in [1.29, 1.82) is 0 Å². The lowest BCUT2D eigenvalue weighted by molar-refractivity contribution is -0.134. The molecule has 1 aliphatic heterocycles. The number of rotatable bonds is 4. The normalized spacial score (nSPS) is 14.8. The zero-order valence-electron chi connectivity index (χ0n) is 13.8. The number of aliphatic imine (C=N–C) groups is 1. The molecule has 0 saturated heterocycles. The number of esters is 3. The van der Waals surface area contributed by atoms with Crippen LogP contribution in [0.1, 0.15) is 24.3 Å². The number of thiophene rings is 1. The second kappa shape index (κ2) is 7.32. The number of carbonyl (C=O) groups is 3. The molecule has 26 heavy (non-hydrogen) atoms. The van der Waals surface area contributed by atoms with Gasteiger partial charge in [0, 0.05) is 13.8 Å². The third kappa shape index (κ3) is 4.04. The fourth-order valence-electron chi connectivity index (χ4n) is 2.16. The molecule has 1 aliphatic rings. The quantitative estimate of drug-likeness (QED) is 0.466. The van der Waals surface area contributed by atoms with Crippen LogP contribution >= 0.6 is 11.3 Å². The van der Waals surface area contributed by atoms with Crippen molar-refractivity contribution in [1.82, 2.24) is 0 Å². The number of cyclic esters (lactones) is 1. The fraction of sp³-hybridized carbons (Fsp3) is 0.111. The van der Waals surface area contributed by atoms with Gasteiger partial charge in [-0.15, -0.1) is 11.3 Å². The van der Waals surface area contributed by atoms with Crippen molar-refractivity contribution < 1.29 is 28.6 Å². The molecule has 0 fully saturated rings. The molecular weight excluding hydrogens is 358 g/mol. The van der Waals surface area contributed by atoms with Crippen molar-refractivity contribution in [2.75, 3.05) is 0 Å². The minimum absolute atomic E-state index is 0.0656. The maximum Gasteiger partial charge on any atom is 0.363 e. The van der Waals surface area contributed by atoms with Gasteiger partial charge in [-0.3, -0.25) is 9.59 Å². The molecule has 0 N–H and O–H groups in total. The highest BCUT2D eigenvalue weighted by atomic mass is 32.1. The Morgan fingerprint density at radius 2 is 1.85 bits per heavy atom. The lowest BCUT2D eigenvalue weighted by Crippen LogP contribution is -2.07. The van der Waals surface area contributed by atoms with E-state index in [-0.39, 0.29) is 23.1 Å². The predicted octanol–water partition coefficient (Wildman–Crippen LogP) is 2.94. The molecule has 0 unspecified atom stereocenters. The first-order valence-electron chi connectivity index (χ1n) is 7.49. The van der Waals surface area contributed by atoms with Gasteiger partial charge < -0.3 is 14.2 Å². The number of ether oxygens (including phenoxy) is 3. The summed E-state index contributed by atoms with van der Waals surface area (Å²) >= 11 is 1.41. The summed E-state index contributed by atoms with van der Waals surface area (Å²) in [6, 6.07) is 8.17. The van der Waals surface area contributed by atoms with Crippen molar-refractivity contribution in [2.24, 2.45) is 4.99 Å². The van der Waals surface area contributed by atoms with Crippen molar-refractivity contribution >= 4 is 41.2 Å². The average Bonchev–Trinajstić information content (AvgIpc) is 3.19. The lowest BCUT2D eigenvalue weighted by atomic mass is 10.1. The fourth-order valence-corrected chi connectivity index (χ4v) is 2.81. The van der Waals surface area contributed by atoms with Crippen LogP contribution in [-0.4, -0.2) is 23.8 Å². The van der Waals surface area contributed by atoms with Gasteiger partial charge in [0.15, 0.2) is 17.2 Å². The Balaban J connectivity index is 1.93. The van der Waals surface area contributed by atoms with Gasteiger partial charge in [-0.05, 0) is 35.2 Å². The van der Waals surface area contributed by atoms with E-state index in [2.05, 4.69) is 4.99 Å². The Bertz CT molecular complexity index is 943. The maximum atomic E-state index is 12.0. The van der Waals surface area contributed by atoms with Crippen molar-refractivity contribution in [3.8, 4) is 11.5 Å². The van der Waals surface area contributed by atoms with Crippen LogP contribution in [0, 0.1) is 0 Å². The number of hydrogen-bond acceptors (Lipinski definition) is 8. The van der Waals surface area contributed by atoms with E-state index in [4.69, 9.17) is 14.2 Å². The molecule has 0 saturated carbocycles. The molecule has 0 spiro atoms. The van der Waals surface area contributed by atoms with Crippen molar-refractivity contribution in [3.05, 3.63) is 51.8 Å². The number of benzene rings is 1. The van der Waals surface area contributed by atoms with Gasteiger partial charge >= 0.3 is 17.9 Å². The van der Waals surface area contributed by atoms with Gasteiger partial charge in [0.05, 0.1) is 4.88 Å². The van der Waals surface area contributed by atoms with Crippen LogP contribution < -0.4 is 9.47 Å². The molecule has 0 atom stereocenters. The molecule has 2 aromatic rings. The Morgan fingerprint density at radius 3 is 2.50 bits per heavy atom. The highest BCUT2D eigenvalue weighted by molar-refractivity contribution is 7.12. The molecule has 3 rings (SSSR count). The van der Waals surface area contributed by atoms with Crippen molar-refractivity contribution in [2.45, 2.75) is 13.8 Å². The predicted molar refractivity (Wildman–Crippen MR) is 94.0 cm³/mol. The van der Waals surface area contributed by atoms with E-state index in [0.717, 1.165) is 4.88 Å². The van der Waals surface area contributed by atoms with Crippen LogP contribution in [0.3, 0.4) is 0 Å². The maximum absolute atomic E-state index is 12.0. The molecule has 0 aliphatic carbocycles. The summed E-state index contributed by atoms with van der Waals surface area (Å²) < 4.78 is 15.2. The largest absolute Gasteiger partial charge is 0.423 e. The Kier molecular flexibility index (Phi) is 4.94. The molecule has 132 valence electrons.